The van der Waals surface area contributed by atoms with Crippen LogP contribution in [0.4, 0.5) is 10.5 Å². The number of fused-ring (bicyclic) bond motifs is 1. The number of hydrogen-bond donors (Lipinski definition) is 2. The first-order valence-corrected chi connectivity index (χ1v) is 10.0. The zero-order chi connectivity index (χ0) is 19.5. The van der Waals surface area contributed by atoms with E-state index in [1.54, 1.807) is 4.90 Å². The van der Waals surface area contributed by atoms with E-state index in [0.717, 1.165) is 24.9 Å². The Kier molecular flexibility index (Phi) is 5.57. The number of nitrogens with one attached hydrogen (secondary N) is 1. The average molecular weight is 389 g/mol. The molecule has 0 saturated carbocycles. The molecule has 0 aromatic heterocycles. The lowest BCUT2D eigenvalue weighted by molar-refractivity contribution is -0.117. The van der Waals surface area contributed by atoms with Gasteiger partial charge in [0.2, 0.25) is 5.91 Å². The third kappa shape index (κ3) is 3.87. The zero-order valence-electron chi connectivity index (χ0n) is 15.9. The summed E-state index contributed by atoms with van der Waals surface area (Å²) >= 11 is 0. The number of carbonyl (C=O) groups is 2. The van der Waals surface area contributed by atoms with Gasteiger partial charge in [0.05, 0.1) is 6.04 Å². The van der Waals surface area contributed by atoms with Crippen molar-refractivity contribution < 1.29 is 24.2 Å². The lowest BCUT2D eigenvalue weighted by atomic mass is 10.00. The van der Waals surface area contributed by atoms with Crippen molar-refractivity contribution in [2.24, 2.45) is 0 Å². The first-order chi connectivity index (χ1) is 13.7. The second-order valence-electron chi connectivity index (χ2n) is 7.54. The highest BCUT2D eigenvalue weighted by Gasteiger charge is 2.34. The first-order valence-electron chi connectivity index (χ1n) is 10.0. The number of amides is 3. The predicted molar refractivity (Wildman–Crippen MR) is 103 cm³/mol. The summed E-state index contributed by atoms with van der Waals surface area (Å²) in [4.78, 5) is 28.8. The van der Waals surface area contributed by atoms with Gasteiger partial charge in [-0.25, -0.2) is 4.79 Å². The molecule has 3 amide bonds. The van der Waals surface area contributed by atoms with Crippen molar-refractivity contribution in [3.8, 4) is 11.5 Å². The monoisotopic (exact) mass is 389 g/mol. The average Bonchev–Trinajstić information content (AvgIpc) is 3.08. The highest BCUT2D eigenvalue weighted by atomic mass is 16.6. The van der Waals surface area contributed by atoms with Crippen molar-refractivity contribution in [1.29, 1.82) is 0 Å². The number of nitrogens with zero attached hydrogens (tertiary/aromatic N) is 2. The number of aliphatic hydroxyl groups is 1. The van der Waals surface area contributed by atoms with E-state index in [1.807, 2.05) is 23.1 Å². The quantitative estimate of drug-likeness (QED) is 0.815. The minimum atomic E-state index is -0.232. The second-order valence-corrected chi connectivity index (χ2v) is 7.54. The smallest absolute Gasteiger partial charge is 0.317 e. The molecule has 1 aromatic carbocycles. The van der Waals surface area contributed by atoms with Crippen LogP contribution in [0.1, 0.15) is 32.1 Å². The van der Waals surface area contributed by atoms with E-state index in [4.69, 9.17) is 9.47 Å². The maximum Gasteiger partial charge on any atom is 0.317 e. The molecule has 8 heteroatoms. The molecule has 0 spiro atoms. The number of anilines is 1. The van der Waals surface area contributed by atoms with Crippen LogP contribution in [0.25, 0.3) is 0 Å². The van der Waals surface area contributed by atoms with Crippen molar-refractivity contribution in [1.82, 2.24) is 10.2 Å². The lowest BCUT2D eigenvalue weighted by Gasteiger charge is -2.36. The van der Waals surface area contributed by atoms with E-state index in [9.17, 15) is 14.7 Å². The molecule has 3 aliphatic rings. The molecule has 2 N–H and O–H groups in total. The Bertz CT molecular complexity index is 739. The Labute approximate surface area is 164 Å². The van der Waals surface area contributed by atoms with E-state index in [-0.39, 0.29) is 37.0 Å². The van der Waals surface area contributed by atoms with Crippen LogP contribution in [0.15, 0.2) is 18.2 Å². The number of ether oxygens (including phenoxy) is 2. The highest BCUT2D eigenvalue weighted by Crippen LogP contribution is 2.35. The number of urea groups is 1. The summed E-state index contributed by atoms with van der Waals surface area (Å²) < 4.78 is 11.1. The number of aliphatic hydroxyl groups excluding tert-OH is 1. The van der Waals surface area contributed by atoms with Gasteiger partial charge in [-0.1, -0.05) is 0 Å². The molecule has 28 heavy (non-hydrogen) atoms. The van der Waals surface area contributed by atoms with Gasteiger partial charge < -0.3 is 29.7 Å². The summed E-state index contributed by atoms with van der Waals surface area (Å²) in [5.74, 6) is 1.31. The molecule has 3 aliphatic heterocycles. The van der Waals surface area contributed by atoms with Crippen LogP contribution in [-0.4, -0.2) is 66.9 Å². The van der Waals surface area contributed by atoms with Gasteiger partial charge in [-0.2, -0.15) is 0 Å². The Hall–Kier alpha value is -2.48. The lowest BCUT2D eigenvalue weighted by Crippen LogP contribution is -2.52. The molecule has 2 saturated heterocycles. The van der Waals surface area contributed by atoms with Gasteiger partial charge in [-0.05, 0) is 37.8 Å². The molecule has 4 rings (SSSR count). The summed E-state index contributed by atoms with van der Waals surface area (Å²) in [5, 5.41) is 12.3. The van der Waals surface area contributed by atoms with E-state index < -0.39 is 0 Å². The summed E-state index contributed by atoms with van der Waals surface area (Å²) in [6, 6.07) is 5.18. The van der Waals surface area contributed by atoms with Gasteiger partial charge in [-0.15, -0.1) is 0 Å². The number of hydrogen-bond acceptors (Lipinski definition) is 5. The van der Waals surface area contributed by atoms with Crippen LogP contribution in [0.5, 0.6) is 11.5 Å². The maximum atomic E-state index is 12.7. The maximum absolute atomic E-state index is 12.7. The van der Waals surface area contributed by atoms with Crippen LogP contribution in [-0.2, 0) is 4.79 Å². The highest BCUT2D eigenvalue weighted by molar-refractivity contribution is 5.97. The molecule has 2 atom stereocenters. The van der Waals surface area contributed by atoms with E-state index in [0.29, 0.717) is 44.2 Å². The van der Waals surface area contributed by atoms with E-state index >= 15 is 0 Å². The van der Waals surface area contributed by atoms with Crippen molar-refractivity contribution >= 4 is 17.6 Å². The normalized spacial score (nSPS) is 24.4. The molecule has 0 bridgehead atoms. The van der Waals surface area contributed by atoms with Crippen LogP contribution in [0.3, 0.4) is 0 Å². The Morgan fingerprint density at radius 1 is 1.21 bits per heavy atom. The van der Waals surface area contributed by atoms with E-state index in [1.165, 1.54) is 0 Å². The largest absolute Gasteiger partial charge is 0.486 e. The zero-order valence-corrected chi connectivity index (χ0v) is 15.9. The Balaban J connectivity index is 1.40. The van der Waals surface area contributed by atoms with Crippen molar-refractivity contribution in [3.05, 3.63) is 18.2 Å². The number of likely N-dealkylation sites (tertiary alicyclic amines) is 1. The minimum absolute atomic E-state index is 0.0208. The third-order valence-electron chi connectivity index (χ3n) is 5.64. The third-order valence-corrected chi connectivity index (χ3v) is 5.64. The number of rotatable bonds is 4. The van der Waals surface area contributed by atoms with Crippen molar-refractivity contribution in [3.63, 3.8) is 0 Å². The molecule has 2 fully saturated rings. The van der Waals surface area contributed by atoms with Crippen LogP contribution in [0, 0.1) is 0 Å². The minimum Gasteiger partial charge on any atom is -0.486 e. The van der Waals surface area contributed by atoms with Crippen LogP contribution in [0.2, 0.25) is 0 Å². The predicted octanol–water partition coefficient (Wildman–Crippen LogP) is 1.51. The SMILES string of the molecule is O=C1C[C@@H](NC(=O)N2CCCC[C@H]2CCO)CN1c1ccc2c(c1)OCCO2. The van der Waals surface area contributed by atoms with Gasteiger partial charge in [0.15, 0.2) is 11.5 Å². The number of benzene rings is 1. The fraction of sp³-hybridized carbons (Fsp3) is 0.600. The summed E-state index contributed by atoms with van der Waals surface area (Å²) in [5.41, 5.74) is 0.752. The molecule has 0 radical (unpaired) electrons. The van der Waals surface area contributed by atoms with E-state index in [2.05, 4.69) is 5.32 Å². The van der Waals surface area contributed by atoms with Gasteiger partial charge in [0.1, 0.15) is 13.2 Å². The Morgan fingerprint density at radius 2 is 2.04 bits per heavy atom. The van der Waals surface area contributed by atoms with Gasteiger partial charge in [-0.3, -0.25) is 4.79 Å². The summed E-state index contributed by atoms with van der Waals surface area (Å²) in [6.07, 6.45) is 3.84. The molecule has 0 aliphatic carbocycles. The number of carbonyl (C=O) groups excluding carboxylic acids is 2. The van der Waals surface area contributed by atoms with Crippen molar-refractivity contribution in [2.75, 3.05) is 37.8 Å². The first kappa shape index (κ1) is 18.9. The van der Waals surface area contributed by atoms with Crippen molar-refractivity contribution in [2.45, 2.75) is 44.2 Å². The molecule has 152 valence electrons. The standard InChI is InChI=1S/C20H27N3O5/c24-8-6-15-3-1-2-7-22(15)20(26)21-14-11-19(25)23(13-14)16-4-5-17-18(12-16)28-10-9-27-17/h4-5,12,14-15,24H,1-3,6-11,13H2,(H,21,26)/t14-,15+/m1/s1. The van der Waals surface area contributed by atoms with Gasteiger partial charge in [0, 0.05) is 43.9 Å². The fourth-order valence-electron chi connectivity index (χ4n) is 4.23. The summed E-state index contributed by atoms with van der Waals surface area (Å²) in [6.45, 7) is 2.23. The molecule has 1 aromatic rings. The molecular weight excluding hydrogens is 362 g/mol. The fourth-order valence-corrected chi connectivity index (χ4v) is 4.23. The van der Waals surface area contributed by atoms with Crippen LogP contribution < -0.4 is 19.7 Å². The number of piperidine rings is 1. The van der Waals surface area contributed by atoms with Gasteiger partial charge in [0.25, 0.3) is 0 Å². The molecule has 0 unspecified atom stereocenters. The second kappa shape index (κ2) is 8.26. The topological polar surface area (TPSA) is 91.3 Å². The molecule has 3 heterocycles. The molecular formula is C20H27N3O5. The molecule has 8 nitrogen and oxygen atoms in total. The van der Waals surface area contributed by atoms with Crippen LogP contribution >= 0.6 is 0 Å². The summed E-state index contributed by atoms with van der Waals surface area (Å²) in [7, 11) is 0. The van der Waals surface area contributed by atoms with Gasteiger partial charge >= 0.3 is 6.03 Å². The Morgan fingerprint density at radius 3 is 2.86 bits per heavy atom.